The number of hydrogen-bond acceptors (Lipinski definition) is 2. The van der Waals surface area contributed by atoms with E-state index in [1.807, 2.05) is 10.6 Å². The van der Waals surface area contributed by atoms with Crippen LogP contribution in [0.3, 0.4) is 0 Å². The largest absolute Gasteiger partial charge is 0.481 e. The Morgan fingerprint density at radius 3 is 2.49 bits per heavy atom. The fraction of sp³-hybridized carbons (Fsp3) is 0.357. The van der Waals surface area contributed by atoms with Crippen molar-refractivity contribution >= 4 is 46.0 Å². The molecule has 2 aromatic carbocycles. The summed E-state index contributed by atoms with van der Waals surface area (Å²) in [7, 11) is 1.79. The van der Waals surface area contributed by atoms with Crippen molar-refractivity contribution < 1.29 is 23.5 Å². The quantitative estimate of drug-likeness (QED) is 0.311. The van der Waals surface area contributed by atoms with Crippen LogP contribution in [0.5, 0.6) is 0 Å². The van der Waals surface area contributed by atoms with Gasteiger partial charge < -0.3 is 15.0 Å². The van der Waals surface area contributed by atoms with Crippen molar-refractivity contribution in [2.45, 2.75) is 51.0 Å². The van der Waals surface area contributed by atoms with Crippen molar-refractivity contribution in [1.82, 2.24) is 9.88 Å². The van der Waals surface area contributed by atoms with Crippen molar-refractivity contribution in [2.24, 2.45) is 13.0 Å². The van der Waals surface area contributed by atoms with Gasteiger partial charge in [0.25, 0.3) is 11.8 Å². The van der Waals surface area contributed by atoms with Crippen molar-refractivity contribution in [1.29, 1.82) is 0 Å². The second kappa shape index (κ2) is 10.5. The summed E-state index contributed by atoms with van der Waals surface area (Å²) in [5.41, 5.74) is 2.86. The van der Waals surface area contributed by atoms with Gasteiger partial charge in [-0.25, -0.2) is 0 Å². The number of carbonyl (C=O) groups excluding carboxylic acids is 1. The standard InChI is InChI=1S/C28H28Cl2F2N2O3/c1-4-28(31,32)17-11-15(2)21-13-19(34(3)24(21)12-17)14-22-23(29)10-9-20(25(22)30)26(35)33-18-7-5-16(6-8-18)27(36)37/h4,9-13,16,18H,1,5-8,14H2,2-3H3,(H,33,35)(H,36,37). The number of rotatable bonds is 7. The molecule has 1 heterocycles. The molecule has 0 radical (unpaired) electrons. The Labute approximate surface area is 224 Å². The van der Waals surface area contributed by atoms with Crippen LogP contribution in [-0.4, -0.2) is 27.6 Å². The molecular weight excluding hydrogens is 521 g/mol. The minimum absolute atomic E-state index is 0.123. The third-order valence-corrected chi connectivity index (χ3v) is 8.10. The first-order valence-electron chi connectivity index (χ1n) is 12.0. The van der Waals surface area contributed by atoms with E-state index < -0.39 is 11.9 Å². The number of aliphatic carboxylic acids is 1. The highest BCUT2D eigenvalue weighted by molar-refractivity contribution is 6.38. The fourth-order valence-electron chi connectivity index (χ4n) is 5.01. The Bertz CT molecular complexity index is 1390. The molecule has 0 spiro atoms. The zero-order valence-electron chi connectivity index (χ0n) is 20.6. The third-order valence-electron chi connectivity index (χ3n) is 7.31. The molecule has 0 atom stereocenters. The number of fused-ring (bicyclic) bond motifs is 1. The number of carboxylic acids is 1. The van der Waals surface area contributed by atoms with E-state index in [9.17, 15) is 23.5 Å². The van der Waals surface area contributed by atoms with E-state index >= 15 is 0 Å². The van der Waals surface area contributed by atoms with Gasteiger partial charge >= 0.3 is 5.97 Å². The minimum atomic E-state index is -3.15. The zero-order valence-corrected chi connectivity index (χ0v) is 22.1. The number of nitrogens with one attached hydrogen (secondary N) is 1. The van der Waals surface area contributed by atoms with E-state index in [0.717, 1.165) is 11.1 Å². The van der Waals surface area contributed by atoms with Gasteiger partial charge in [-0.1, -0.05) is 29.8 Å². The molecule has 0 unspecified atom stereocenters. The Balaban J connectivity index is 1.61. The van der Waals surface area contributed by atoms with E-state index in [2.05, 4.69) is 11.9 Å². The monoisotopic (exact) mass is 548 g/mol. The summed E-state index contributed by atoms with van der Waals surface area (Å²) in [5.74, 6) is -4.66. The van der Waals surface area contributed by atoms with E-state index in [1.165, 1.54) is 12.1 Å². The average molecular weight is 549 g/mol. The molecule has 37 heavy (non-hydrogen) atoms. The number of allylic oxidation sites excluding steroid dienone is 1. The number of benzene rings is 2. The second-order valence-corrected chi connectivity index (χ2v) is 10.5. The van der Waals surface area contributed by atoms with E-state index in [0.29, 0.717) is 59.8 Å². The molecule has 1 aromatic heterocycles. The molecule has 0 aliphatic heterocycles. The molecule has 3 aromatic rings. The summed E-state index contributed by atoms with van der Waals surface area (Å²) in [6.45, 7) is 5.03. The van der Waals surface area contributed by atoms with Gasteiger partial charge in [-0.2, -0.15) is 8.78 Å². The summed E-state index contributed by atoms with van der Waals surface area (Å²) in [6.07, 6.45) is 3.12. The summed E-state index contributed by atoms with van der Waals surface area (Å²) in [6, 6.07) is 7.91. The highest BCUT2D eigenvalue weighted by Gasteiger charge is 2.29. The van der Waals surface area contributed by atoms with Gasteiger partial charge in [0.15, 0.2) is 0 Å². The highest BCUT2D eigenvalue weighted by atomic mass is 35.5. The van der Waals surface area contributed by atoms with Crippen LogP contribution in [0.25, 0.3) is 10.9 Å². The van der Waals surface area contributed by atoms with Crippen LogP contribution in [0.4, 0.5) is 8.78 Å². The average Bonchev–Trinajstić information content (AvgIpc) is 3.17. The van der Waals surface area contributed by atoms with E-state index in [-0.39, 0.29) is 34.0 Å². The number of amides is 1. The number of aryl methyl sites for hydroxylation is 2. The predicted octanol–water partition coefficient (Wildman–Crippen LogP) is 7.04. The number of alkyl halides is 2. The smallest absolute Gasteiger partial charge is 0.306 e. The summed E-state index contributed by atoms with van der Waals surface area (Å²) in [4.78, 5) is 24.2. The first kappa shape index (κ1) is 27.1. The van der Waals surface area contributed by atoms with Gasteiger partial charge in [0, 0.05) is 46.7 Å². The van der Waals surface area contributed by atoms with Gasteiger partial charge in [0.05, 0.1) is 16.5 Å². The lowest BCUT2D eigenvalue weighted by Gasteiger charge is -2.27. The van der Waals surface area contributed by atoms with Crippen LogP contribution < -0.4 is 5.32 Å². The number of aromatic nitrogens is 1. The van der Waals surface area contributed by atoms with Gasteiger partial charge in [-0.05, 0) is 80.1 Å². The van der Waals surface area contributed by atoms with Gasteiger partial charge in [-0.15, -0.1) is 0 Å². The van der Waals surface area contributed by atoms with Crippen molar-refractivity contribution in [3.05, 3.63) is 81.0 Å². The van der Waals surface area contributed by atoms with E-state index in [4.69, 9.17) is 23.2 Å². The molecule has 0 saturated heterocycles. The summed E-state index contributed by atoms with van der Waals surface area (Å²) < 4.78 is 30.4. The maximum Gasteiger partial charge on any atom is 0.306 e. The topological polar surface area (TPSA) is 71.3 Å². The first-order valence-corrected chi connectivity index (χ1v) is 12.8. The van der Waals surface area contributed by atoms with Gasteiger partial charge in [0.2, 0.25) is 0 Å². The number of carboxylic acid groups (broad SMARTS) is 1. The Hall–Kier alpha value is -2.90. The van der Waals surface area contributed by atoms with Crippen LogP contribution in [0, 0.1) is 12.8 Å². The summed E-state index contributed by atoms with van der Waals surface area (Å²) in [5, 5.41) is 13.6. The SMILES string of the molecule is C=CC(F)(F)c1cc(C)c2cc(Cc3c(Cl)ccc(C(=O)NC4CCC(C(=O)O)CC4)c3Cl)n(C)c2c1. The number of carbonyl (C=O) groups is 2. The third kappa shape index (κ3) is 5.39. The Morgan fingerprint density at radius 1 is 1.19 bits per heavy atom. The van der Waals surface area contributed by atoms with Crippen LogP contribution in [0.1, 0.15) is 58.4 Å². The van der Waals surface area contributed by atoms with E-state index in [1.54, 1.807) is 26.1 Å². The molecular formula is C28H28Cl2F2N2O3. The zero-order chi connectivity index (χ0) is 27.1. The molecule has 1 amide bonds. The van der Waals surface area contributed by atoms with Crippen LogP contribution in [-0.2, 0) is 24.2 Å². The fourth-order valence-corrected chi connectivity index (χ4v) is 5.60. The molecule has 1 aliphatic carbocycles. The van der Waals surface area contributed by atoms with Gasteiger partial charge in [-0.3, -0.25) is 9.59 Å². The maximum absolute atomic E-state index is 14.3. The minimum Gasteiger partial charge on any atom is -0.481 e. The Morgan fingerprint density at radius 2 is 1.86 bits per heavy atom. The Kier molecular flexibility index (Phi) is 7.67. The number of hydrogen-bond donors (Lipinski definition) is 2. The van der Waals surface area contributed by atoms with Crippen molar-refractivity contribution in [2.75, 3.05) is 0 Å². The number of nitrogens with zero attached hydrogens (tertiary/aromatic N) is 1. The molecule has 2 N–H and O–H groups in total. The molecule has 9 heteroatoms. The van der Waals surface area contributed by atoms with Crippen molar-refractivity contribution in [3.63, 3.8) is 0 Å². The van der Waals surface area contributed by atoms with Gasteiger partial charge in [0.1, 0.15) is 0 Å². The predicted molar refractivity (Wildman–Crippen MR) is 142 cm³/mol. The second-order valence-electron chi connectivity index (χ2n) is 9.67. The van der Waals surface area contributed by atoms with Crippen LogP contribution in [0.2, 0.25) is 10.0 Å². The molecule has 4 rings (SSSR count). The van der Waals surface area contributed by atoms with Crippen LogP contribution >= 0.6 is 23.2 Å². The van der Waals surface area contributed by atoms with Crippen LogP contribution in [0.15, 0.2) is 43.0 Å². The molecule has 1 saturated carbocycles. The summed E-state index contributed by atoms with van der Waals surface area (Å²) >= 11 is 13.2. The molecule has 1 fully saturated rings. The molecule has 0 bridgehead atoms. The lowest BCUT2D eigenvalue weighted by atomic mass is 9.86. The molecule has 196 valence electrons. The number of halogens is 4. The molecule has 5 nitrogen and oxygen atoms in total. The normalized spacial score (nSPS) is 18.1. The van der Waals surface area contributed by atoms with Crippen molar-refractivity contribution in [3.8, 4) is 0 Å². The maximum atomic E-state index is 14.3. The lowest BCUT2D eigenvalue weighted by Crippen LogP contribution is -2.38. The molecule has 1 aliphatic rings. The first-order chi connectivity index (χ1) is 17.4. The highest BCUT2D eigenvalue weighted by Crippen LogP contribution is 2.36. The lowest BCUT2D eigenvalue weighted by molar-refractivity contribution is -0.142.